The Morgan fingerprint density at radius 1 is 1.24 bits per heavy atom. The average molecular weight is 373 g/mol. The number of hydrogen-bond acceptors (Lipinski definition) is 5. The number of carbonyl (C=O) groups excluding carboxylic acids is 1. The fourth-order valence-corrected chi connectivity index (χ4v) is 4.24. The summed E-state index contributed by atoms with van der Waals surface area (Å²) >= 11 is 3.18. The topological polar surface area (TPSA) is 51.2 Å². The Morgan fingerprint density at radius 3 is 2.76 bits per heavy atom. The second-order valence-corrected chi connectivity index (χ2v) is 7.66. The zero-order chi connectivity index (χ0) is 17.6. The summed E-state index contributed by atoms with van der Waals surface area (Å²) in [4.78, 5) is 17.9. The molecule has 0 unspecified atom stereocenters. The van der Waals surface area contributed by atoms with Crippen LogP contribution in [-0.4, -0.2) is 23.8 Å². The third-order valence-corrected chi connectivity index (χ3v) is 5.74. The van der Waals surface area contributed by atoms with Gasteiger partial charge in [0.05, 0.1) is 17.3 Å². The molecule has 1 heterocycles. The highest BCUT2D eigenvalue weighted by molar-refractivity contribution is 7.99. The summed E-state index contributed by atoms with van der Waals surface area (Å²) in [6.07, 6.45) is 1.39. The molecule has 1 aromatic heterocycles. The summed E-state index contributed by atoms with van der Waals surface area (Å²) < 4.78 is 6.25. The summed E-state index contributed by atoms with van der Waals surface area (Å²) in [6, 6.07) is 14.0. The van der Waals surface area contributed by atoms with E-state index in [1.165, 1.54) is 16.9 Å². The van der Waals surface area contributed by atoms with Gasteiger partial charge in [-0.1, -0.05) is 30.4 Å². The van der Waals surface area contributed by atoms with Crippen LogP contribution in [0, 0.1) is 0 Å². The van der Waals surface area contributed by atoms with E-state index in [4.69, 9.17) is 4.74 Å². The number of amides is 1. The standard InChI is InChI=1S/C19H20N2O2S2/c1-3-13-5-4-6-16-18(13)21-19(25-16)20-17(22)11-12-24-15-9-7-14(23-2)8-10-15/h4-10H,3,11-12H2,1-2H3,(H,20,21,22). The van der Waals surface area contributed by atoms with E-state index in [0.29, 0.717) is 11.6 Å². The number of rotatable bonds is 7. The summed E-state index contributed by atoms with van der Waals surface area (Å²) in [5, 5.41) is 3.60. The van der Waals surface area contributed by atoms with Crippen LogP contribution in [0.3, 0.4) is 0 Å². The molecule has 25 heavy (non-hydrogen) atoms. The Morgan fingerprint density at radius 2 is 2.04 bits per heavy atom. The van der Waals surface area contributed by atoms with E-state index in [9.17, 15) is 4.79 Å². The molecule has 0 aliphatic rings. The van der Waals surface area contributed by atoms with E-state index in [0.717, 1.165) is 33.0 Å². The van der Waals surface area contributed by atoms with Gasteiger partial charge in [0.15, 0.2) is 5.13 Å². The third-order valence-electron chi connectivity index (χ3n) is 3.79. The van der Waals surface area contributed by atoms with Crippen LogP contribution < -0.4 is 10.1 Å². The molecule has 0 aliphatic heterocycles. The number of benzene rings is 2. The van der Waals surface area contributed by atoms with Gasteiger partial charge < -0.3 is 10.1 Å². The SMILES string of the molecule is CCc1cccc2sc(NC(=O)CCSc3ccc(OC)cc3)nc12. The van der Waals surface area contributed by atoms with E-state index in [1.54, 1.807) is 18.9 Å². The molecular formula is C19H20N2O2S2. The maximum Gasteiger partial charge on any atom is 0.226 e. The molecular weight excluding hydrogens is 352 g/mol. The first-order valence-corrected chi connectivity index (χ1v) is 9.95. The number of nitrogens with zero attached hydrogens (tertiary/aromatic N) is 1. The van der Waals surface area contributed by atoms with Crippen molar-refractivity contribution in [1.82, 2.24) is 4.98 Å². The lowest BCUT2D eigenvalue weighted by molar-refractivity contribution is -0.115. The van der Waals surface area contributed by atoms with Gasteiger partial charge in [-0.05, 0) is 42.3 Å². The molecule has 0 radical (unpaired) electrons. The Hall–Kier alpha value is -2.05. The molecule has 3 aromatic rings. The number of carbonyl (C=O) groups is 1. The number of nitrogens with one attached hydrogen (secondary N) is 1. The molecule has 1 N–H and O–H groups in total. The molecule has 0 fully saturated rings. The number of aromatic nitrogens is 1. The largest absolute Gasteiger partial charge is 0.497 e. The van der Waals surface area contributed by atoms with Crippen molar-refractivity contribution in [3.8, 4) is 5.75 Å². The maximum absolute atomic E-state index is 12.2. The molecule has 130 valence electrons. The minimum absolute atomic E-state index is 0.00174. The molecule has 0 aliphatic carbocycles. The van der Waals surface area contributed by atoms with Gasteiger partial charge in [0.1, 0.15) is 5.75 Å². The number of para-hydroxylation sites is 1. The number of aryl methyl sites for hydroxylation is 1. The van der Waals surface area contributed by atoms with Gasteiger partial charge in [0.25, 0.3) is 0 Å². The number of hydrogen-bond donors (Lipinski definition) is 1. The highest BCUT2D eigenvalue weighted by Gasteiger charge is 2.10. The minimum Gasteiger partial charge on any atom is -0.497 e. The van der Waals surface area contributed by atoms with Crippen molar-refractivity contribution in [2.24, 2.45) is 0 Å². The van der Waals surface area contributed by atoms with Crippen molar-refractivity contribution in [2.75, 3.05) is 18.2 Å². The summed E-state index contributed by atoms with van der Waals surface area (Å²) in [6.45, 7) is 2.11. The minimum atomic E-state index is -0.00174. The van der Waals surface area contributed by atoms with Crippen LogP contribution in [-0.2, 0) is 11.2 Å². The van der Waals surface area contributed by atoms with E-state index in [2.05, 4.69) is 23.3 Å². The Labute approximate surface area is 155 Å². The number of thiazole rings is 1. The Balaban J connectivity index is 1.53. The molecule has 2 aromatic carbocycles. The van der Waals surface area contributed by atoms with Crippen molar-refractivity contribution in [3.63, 3.8) is 0 Å². The molecule has 3 rings (SSSR count). The van der Waals surface area contributed by atoms with Crippen LogP contribution in [0.25, 0.3) is 10.2 Å². The molecule has 1 amide bonds. The monoisotopic (exact) mass is 372 g/mol. The van der Waals surface area contributed by atoms with Crippen molar-refractivity contribution in [1.29, 1.82) is 0 Å². The predicted molar refractivity (Wildman–Crippen MR) is 106 cm³/mol. The second-order valence-electron chi connectivity index (χ2n) is 5.46. The average Bonchev–Trinajstić information content (AvgIpc) is 3.04. The van der Waals surface area contributed by atoms with Crippen LogP contribution in [0.5, 0.6) is 5.75 Å². The molecule has 0 saturated carbocycles. The first-order chi connectivity index (χ1) is 12.2. The fraction of sp³-hybridized carbons (Fsp3) is 0.263. The van der Waals surface area contributed by atoms with Gasteiger partial charge in [-0.2, -0.15) is 0 Å². The van der Waals surface area contributed by atoms with Crippen LogP contribution in [0.4, 0.5) is 5.13 Å². The van der Waals surface area contributed by atoms with Crippen LogP contribution in [0.1, 0.15) is 18.9 Å². The third kappa shape index (κ3) is 4.52. The molecule has 0 spiro atoms. The van der Waals surface area contributed by atoms with Gasteiger partial charge in [-0.3, -0.25) is 4.79 Å². The highest BCUT2D eigenvalue weighted by atomic mass is 32.2. The number of anilines is 1. The van der Waals surface area contributed by atoms with Crippen LogP contribution in [0.2, 0.25) is 0 Å². The van der Waals surface area contributed by atoms with Crippen molar-refractivity contribution < 1.29 is 9.53 Å². The maximum atomic E-state index is 12.2. The second kappa shape index (κ2) is 8.36. The number of ether oxygens (including phenoxy) is 1. The quantitative estimate of drug-likeness (QED) is 0.594. The first kappa shape index (κ1) is 17.8. The van der Waals surface area contributed by atoms with Gasteiger partial charge in [0.2, 0.25) is 5.91 Å². The molecule has 0 atom stereocenters. The van der Waals surface area contributed by atoms with Crippen molar-refractivity contribution >= 4 is 44.4 Å². The Kier molecular flexibility index (Phi) is 5.94. The first-order valence-electron chi connectivity index (χ1n) is 8.14. The Bertz CT molecular complexity index is 859. The van der Waals surface area contributed by atoms with E-state index >= 15 is 0 Å². The lowest BCUT2D eigenvalue weighted by Gasteiger charge is -2.04. The van der Waals surface area contributed by atoms with E-state index < -0.39 is 0 Å². The van der Waals surface area contributed by atoms with Gasteiger partial charge in [-0.15, -0.1) is 11.8 Å². The smallest absolute Gasteiger partial charge is 0.226 e. The van der Waals surface area contributed by atoms with E-state index in [-0.39, 0.29) is 5.91 Å². The highest BCUT2D eigenvalue weighted by Crippen LogP contribution is 2.29. The van der Waals surface area contributed by atoms with Crippen LogP contribution in [0.15, 0.2) is 47.4 Å². The summed E-state index contributed by atoms with van der Waals surface area (Å²) in [7, 11) is 1.65. The van der Waals surface area contributed by atoms with Gasteiger partial charge in [-0.25, -0.2) is 4.98 Å². The summed E-state index contributed by atoms with van der Waals surface area (Å²) in [5.74, 6) is 1.56. The predicted octanol–water partition coefficient (Wildman–Crippen LogP) is 4.99. The van der Waals surface area contributed by atoms with Crippen molar-refractivity contribution in [3.05, 3.63) is 48.0 Å². The number of fused-ring (bicyclic) bond motifs is 1. The molecule has 6 heteroatoms. The van der Waals surface area contributed by atoms with Crippen LogP contribution >= 0.6 is 23.1 Å². The van der Waals surface area contributed by atoms with Gasteiger partial charge >= 0.3 is 0 Å². The lowest BCUT2D eigenvalue weighted by atomic mass is 10.1. The number of methoxy groups -OCH3 is 1. The normalized spacial score (nSPS) is 10.8. The zero-order valence-electron chi connectivity index (χ0n) is 14.2. The number of thioether (sulfide) groups is 1. The molecule has 4 nitrogen and oxygen atoms in total. The molecule has 0 bridgehead atoms. The zero-order valence-corrected chi connectivity index (χ0v) is 15.9. The fourth-order valence-electron chi connectivity index (χ4n) is 2.46. The summed E-state index contributed by atoms with van der Waals surface area (Å²) in [5.41, 5.74) is 2.21. The van der Waals surface area contributed by atoms with Crippen molar-refractivity contribution in [2.45, 2.75) is 24.7 Å². The van der Waals surface area contributed by atoms with Gasteiger partial charge in [0, 0.05) is 17.1 Å². The molecule has 0 saturated heterocycles. The lowest BCUT2D eigenvalue weighted by Crippen LogP contribution is -2.11. The van der Waals surface area contributed by atoms with E-state index in [1.807, 2.05) is 36.4 Å².